The highest BCUT2D eigenvalue weighted by Crippen LogP contribution is 2.28. The molecule has 0 spiro atoms. The Hall–Kier alpha value is -1.28. The van der Waals surface area contributed by atoms with Crippen molar-refractivity contribution >= 4 is 10.9 Å². The molecule has 0 radical (unpaired) electrons. The number of hydrogen-bond acceptors (Lipinski definition) is 1. The van der Waals surface area contributed by atoms with E-state index < -0.39 is 5.60 Å². The second kappa shape index (κ2) is 2.85. The molecule has 0 fully saturated rings. The molecule has 2 heteroatoms. The van der Waals surface area contributed by atoms with Crippen molar-refractivity contribution in [1.82, 2.24) is 4.98 Å². The van der Waals surface area contributed by atoms with Crippen molar-refractivity contribution in [3.63, 3.8) is 0 Å². The van der Waals surface area contributed by atoms with Crippen molar-refractivity contribution in [1.29, 1.82) is 0 Å². The van der Waals surface area contributed by atoms with Crippen LogP contribution in [-0.2, 0) is 5.60 Å². The molecule has 0 aliphatic carbocycles. The van der Waals surface area contributed by atoms with Gasteiger partial charge in [0.25, 0.3) is 0 Å². The number of aromatic nitrogens is 1. The minimum atomic E-state index is -0.786. The fourth-order valence-electron chi connectivity index (χ4n) is 1.74. The van der Waals surface area contributed by atoms with Crippen molar-refractivity contribution in [2.45, 2.75) is 26.4 Å². The summed E-state index contributed by atoms with van der Waals surface area (Å²) >= 11 is 0. The zero-order valence-corrected chi connectivity index (χ0v) is 8.76. The molecule has 74 valence electrons. The van der Waals surface area contributed by atoms with Gasteiger partial charge in [0.15, 0.2) is 0 Å². The van der Waals surface area contributed by atoms with Crippen LogP contribution < -0.4 is 0 Å². The normalized spacial score (nSPS) is 12.3. The van der Waals surface area contributed by atoms with Crippen LogP contribution in [0.15, 0.2) is 24.4 Å². The molecule has 0 aliphatic rings. The van der Waals surface area contributed by atoms with Crippen molar-refractivity contribution in [2.24, 2.45) is 0 Å². The van der Waals surface area contributed by atoms with E-state index in [4.69, 9.17) is 0 Å². The Morgan fingerprint density at radius 3 is 2.64 bits per heavy atom. The maximum Gasteiger partial charge on any atom is 0.0861 e. The van der Waals surface area contributed by atoms with E-state index in [2.05, 4.69) is 24.0 Å². The SMILES string of the molecule is Cc1ccc2[nH]cc(C(C)(C)O)c2c1. The summed E-state index contributed by atoms with van der Waals surface area (Å²) in [6.07, 6.45) is 1.88. The van der Waals surface area contributed by atoms with Gasteiger partial charge in [-0.05, 0) is 32.9 Å². The Balaban J connectivity index is 2.73. The highest BCUT2D eigenvalue weighted by molar-refractivity contribution is 5.84. The first-order chi connectivity index (χ1) is 6.48. The Morgan fingerprint density at radius 1 is 1.29 bits per heavy atom. The second-order valence-corrected chi connectivity index (χ2v) is 4.31. The molecule has 0 atom stereocenters. The summed E-state index contributed by atoms with van der Waals surface area (Å²) in [7, 11) is 0. The predicted octanol–water partition coefficient (Wildman–Crippen LogP) is 2.70. The molecule has 2 nitrogen and oxygen atoms in total. The van der Waals surface area contributed by atoms with E-state index in [0.717, 1.165) is 16.5 Å². The first-order valence-electron chi connectivity index (χ1n) is 4.79. The highest BCUT2D eigenvalue weighted by Gasteiger charge is 2.19. The number of aliphatic hydroxyl groups is 1. The van der Waals surface area contributed by atoms with E-state index in [1.165, 1.54) is 5.56 Å². The van der Waals surface area contributed by atoms with Gasteiger partial charge in [-0.25, -0.2) is 0 Å². The lowest BCUT2D eigenvalue weighted by Gasteiger charge is -2.16. The minimum Gasteiger partial charge on any atom is -0.386 e. The molecule has 2 aromatic rings. The quantitative estimate of drug-likeness (QED) is 0.711. The van der Waals surface area contributed by atoms with Gasteiger partial charge in [-0.1, -0.05) is 11.6 Å². The number of benzene rings is 1. The first kappa shape index (κ1) is 9.28. The average Bonchev–Trinajstić information content (AvgIpc) is 2.45. The van der Waals surface area contributed by atoms with Crippen molar-refractivity contribution < 1.29 is 5.11 Å². The van der Waals surface area contributed by atoms with Crippen LogP contribution in [0, 0.1) is 6.92 Å². The van der Waals surface area contributed by atoms with Crippen LogP contribution in [-0.4, -0.2) is 10.1 Å². The van der Waals surface area contributed by atoms with Gasteiger partial charge >= 0.3 is 0 Å². The number of rotatable bonds is 1. The van der Waals surface area contributed by atoms with E-state index >= 15 is 0 Å². The summed E-state index contributed by atoms with van der Waals surface area (Å²) in [5, 5.41) is 11.1. The topological polar surface area (TPSA) is 36.0 Å². The highest BCUT2D eigenvalue weighted by atomic mass is 16.3. The van der Waals surface area contributed by atoms with Gasteiger partial charge in [-0.15, -0.1) is 0 Å². The van der Waals surface area contributed by atoms with Gasteiger partial charge in [0.05, 0.1) is 5.60 Å². The smallest absolute Gasteiger partial charge is 0.0861 e. The molecule has 0 saturated heterocycles. The molecule has 1 heterocycles. The van der Waals surface area contributed by atoms with Crippen LogP contribution in [0.3, 0.4) is 0 Å². The molecule has 2 N–H and O–H groups in total. The van der Waals surface area contributed by atoms with Gasteiger partial charge in [-0.2, -0.15) is 0 Å². The molecule has 2 rings (SSSR count). The molecule has 14 heavy (non-hydrogen) atoms. The van der Waals surface area contributed by atoms with Crippen molar-refractivity contribution in [2.75, 3.05) is 0 Å². The fourth-order valence-corrected chi connectivity index (χ4v) is 1.74. The summed E-state index contributed by atoms with van der Waals surface area (Å²) in [4.78, 5) is 3.16. The lowest BCUT2D eigenvalue weighted by atomic mass is 9.97. The summed E-state index contributed by atoms with van der Waals surface area (Å²) in [5.41, 5.74) is 2.46. The Morgan fingerprint density at radius 2 is 2.00 bits per heavy atom. The van der Waals surface area contributed by atoms with Crippen LogP contribution in [0.1, 0.15) is 25.0 Å². The van der Waals surface area contributed by atoms with Crippen LogP contribution in [0.5, 0.6) is 0 Å². The number of fused-ring (bicyclic) bond motifs is 1. The monoisotopic (exact) mass is 189 g/mol. The molecule has 0 saturated carbocycles. The molecular weight excluding hydrogens is 174 g/mol. The molecule has 0 unspecified atom stereocenters. The van der Waals surface area contributed by atoms with Gasteiger partial charge < -0.3 is 10.1 Å². The largest absolute Gasteiger partial charge is 0.386 e. The van der Waals surface area contributed by atoms with Crippen LogP contribution in [0.4, 0.5) is 0 Å². The van der Waals surface area contributed by atoms with Crippen LogP contribution in [0.2, 0.25) is 0 Å². The summed E-state index contributed by atoms with van der Waals surface area (Å²) in [6.45, 7) is 5.66. The summed E-state index contributed by atoms with van der Waals surface area (Å²) in [6, 6.07) is 6.20. The maximum absolute atomic E-state index is 9.95. The predicted molar refractivity (Wildman–Crippen MR) is 58.3 cm³/mol. The molecule has 0 amide bonds. The van der Waals surface area contributed by atoms with Gasteiger partial charge in [0.1, 0.15) is 0 Å². The Bertz CT molecular complexity index is 463. The van der Waals surface area contributed by atoms with Gasteiger partial charge in [0.2, 0.25) is 0 Å². The molecule has 1 aromatic heterocycles. The number of aromatic amines is 1. The lowest BCUT2D eigenvalue weighted by molar-refractivity contribution is 0.0802. The zero-order valence-electron chi connectivity index (χ0n) is 8.76. The van der Waals surface area contributed by atoms with E-state index in [0.29, 0.717) is 0 Å². The van der Waals surface area contributed by atoms with E-state index in [1.807, 2.05) is 12.3 Å². The Labute approximate surface area is 83.6 Å². The van der Waals surface area contributed by atoms with Gasteiger partial charge in [0, 0.05) is 22.7 Å². The van der Waals surface area contributed by atoms with Crippen molar-refractivity contribution in [3.05, 3.63) is 35.5 Å². The van der Waals surface area contributed by atoms with Crippen LogP contribution >= 0.6 is 0 Å². The molecular formula is C12H15NO. The lowest BCUT2D eigenvalue weighted by Crippen LogP contribution is -2.14. The standard InChI is InChI=1S/C12H15NO/c1-8-4-5-11-9(6-8)10(7-13-11)12(2,3)14/h4-7,13-14H,1-3H3. The first-order valence-corrected chi connectivity index (χ1v) is 4.79. The average molecular weight is 189 g/mol. The number of aryl methyl sites for hydroxylation is 1. The minimum absolute atomic E-state index is 0.786. The maximum atomic E-state index is 9.95. The van der Waals surface area contributed by atoms with Gasteiger partial charge in [-0.3, -0.25) is 0 Å². The number of hydrogen-bond donors (Lipinski definition) is 2. The second-order valence-electron chi connectivity index (χ2n) is 4.31. The third-order valence-electron chi connectivity index (χ3n) is 2.50. The third-order valence-corrected chi connectivity index (χ3v) is 2.50. The number of nitrogens with one attached hydrogen (secondary N) is 1. The number of H-pyrrole nitrogens is 1. The van der Waals surface area contributed by atoms with E-state index in [-0.39, 0.29) is 0 Å². The zero-order chi connectivity index (χ0) is 10.3. The molecule has 0 bridgehead atoms. The van der Waals surface area contributed by atoms with Crippen molar-refractivity contribution in [3.8, 4) is 0 Å². The molecule has 0 aliphatic heterocycles. The van der Waals surface area contributed by atoms with Crippen LogP contribution in [0.25, 0.3) is 10.9 Å². The fraction of sp³-hybridized carbons (Fsp3) is 0.333. The summed E-state index contributed by atoms with van der Waals surface area (Å²) in [5.74, 6) is 0. The third kappa shape index (κ3) is 1.42. The van der Waals surface area contributed by atoms with E-state index in [1.54, 1.807) is 13.8 Å². The van der Waals surface area contributed by atoms with E-state index in [9.17, 15) is 5.11 Å². The molecule has 1 aromatic carbocycles. The Kier molecular flexibility index (Phi) is 1.89. The summed E-state index contributed by atoms with van der Waals surface area (Å²) < 4.78 is 0.